The molecule has 3 N–H and O–H groups in total. The summed E-state index contributed by atoms with van der Waals surface area (Å²) in [5.41, 5.74) is 1.80. The molecule has 0 heterocycles. The van der Waals surface area contributed by atoms with Crippen molar-refractivity contribution in [2.75, 3.05) is 11.9 Å². The summed E-state index contributed by atoms with van der Waals surface area (Å²) in [6.07, 6.45) is 0. The van der Waals surface area contributed by atoms with E-state index in [1.54, 1.807) is 12.1 Å². The average Bonchev–Trinajstić information content (AvgIpc) is 2.81. The van der Waals surface area contributed by atoms with Gasteiger partial charge in [0.1, 0.15) is 5.69 Å². The van der Waals surface area contributed by atoms with Crippen LogP contribution in [0.2, 0.25) is 5.02 Å². The second-order valence-electron chi connectivity index (χ2n) is 6.88. The lowest BCUT2D eigenvalue weighted by molar-refractivity contribution is -0.384. The van der Waals surface area contributed by atoms with Crippen LogP contribution in [0.25, 0.3) is 0 Å². The Bertz CT molecular complexity index is 1120. The first-order chi connectivity index (χ1) is 15.4. The van der Waals surface area contributed by atoms with Crippen molar-refractivity contribution in [1.82, 2.24) is 10.6 Å². The maximum absolute atomic E-state index is 12.4. The molecule has 0 radical (unpaired) electrons. The second-order valence-corrected chi connectivity index (χ2v) is 7.29. The van der Waals surface area contributed by atoms with Gasteiger partial charge in [0.05, 0.1) is 11.5 Å². The Morgan fingerprint density at radius 2 is 1.62 bits per heavy atom. The van der Waals surface area contributed by atoms with Gasteiger partial charge in [0.15, 0.2) is 0 Å². The summed E-state index contributed by atoms with van der Waals surface area (Å²) in [7, 11) is 0. The number of halogens is 1. The maximum Gasteiger partial charge on any atom is 0.293 e. The number of amides is 2. The number of nitrogens with one attached hydrogen (secondary N) is 3. The number of nitro groups is 1. The SMILES string of the molecule is O=C(CNC(=O)c1ccc(NCc2ccccc2Cl)c([N+](=O)[O-])c1)NCc1ccccc1. The van der Waals surface area contributed by atoms with Crippen LogP contribution in [0, 0.1) is 10.1 Å². The van der Waals surface area contributed by atoms with E-state index >= 15 is 0 Å². The Labute approximate surface area is 189 Å². The van der Waals surface area contributed by atoms with E-state index in [9.17, 15) is 19.7 Å². The first kappa shape index (κ1) is 22.8. The van der Waals surface area contributed by atoms with Crippen LogP contribution in [0.15, 0.2) is 72.8 Å². The lowest BCUT2D eigenvalue weighted by atomic mass is 10.1. The summed E-state index contributed by atoms with van der Waals surface area (Å²) in [5, 5.41) is 20.2. The Morgan fingerprint density at radius 3 is 2.34 bits per heavy atom. The minimum Gasteiger partial charge on any atom is -0.375 e. The Hall–Kier alpha value is -3.91. The summed E-state index contributed by atoms with van der Waals surface area (Å²) in [6, 6.07) is 20.6. The monoisotopic (exact) mass is 452 g/mol. The zero-order chi connectivity index (χ0) is 22.9. The molecule has 164 valence electrons. The minimum atomic E-state index is -0.583. The highest BCUT2D eigenvalue weighted by molar-refractivity contribution is 6.31. The van der Waals surface area contributed by atoms with Crippen LogP contribution >= 0.6 is 11.6 Å². The van der Waals surface area contributed by atoms with Gasteiger partial charge in [0, 0.05) is 29.7 Å². The molecule has 0 aliphatic rings. The normalized spacial score (nSPS) is 10.3. The van der Waals surface area contributed by atoms with E-state index in [4.69, 9.17) is 11.6 Å². The van der Waals surface area contributed by atoms with Gasteiger partial charge in [-0.1, -0.05) is 60.1 Å². The van der Waals surface area contributed by atoms with E-state index in [1.807, 2.05) is 42.5 Å². The lowest BCUT2D eigenvalue weighted by Gasteiger charge is -2.10. The van der Waals surface area contributed by atoms with Crippen molar-refractivity contribution in [1.29, 1.82) is 0 Å². The van der Waals surface area contributed by atoms with Crippen molar-refractivity contribution >= 4 is 34.8 Å². The van der Waals surface area contributed by atoms with Gasteiger partial charge in [-0.3, -0.25) is 19.7 Å². The largest absolute Gasteiger partial charge is 0.375 e. The van der Waals surface area contributed by atoms with Gasteiger partial charge in [0.25, 0.3) is 11.6 Å². The quantitative estimate of drug-likeness (QED) is 0.336. The molecule has 32 heavy (non-hydrogen) atoms. The number of carbonyl (C=O) groups is 2. The minimum absolute atomic E-state index is 0.0795. The molecule has 2 amide bonds. The standard InChI is InChI=1S/C23H21ClN4O4/c24-19-9-5-4-8-18(19)14-25-20-11-10-17(12-21(20)28(31)32)23(30)27-15-22(29)26-13-16-6-2-1-3-7-16/h1-12,25H,13-15H2,(H,26,29)(H,27,30). The number of anilines is 1. The molecule has 3 aromatic carbocycles. The molecule has 0 aliphatic carbocycles. The van der Waals surface area contributed by atoms with Crippen molar-refractivity contribution < 1.29 is 14.5 Å². The van der Waals surface area contributed by atoms with E-state index in [0.717, 1.165) is 11.1 Å². The molecule has 3 aromatic rings. The van der Waals surface area contributed by atoms with E-state index in [1.165, 1.54) is 18.2 Å². The number of rotatable bonds is 9. The number of hydrogen-bond donors (Lipinski definition) is 3. The van der Waals surface area contributed by atoms with Crippen LogP contribution in [-0.4, -0.2) is 23.3 Å². The van der Waals surface area contributed by atoms with Gasteiger partial charge in [-0.15, -0.1) is 0 Å². The van der Waals surface area contributed by atoms with Gasteiger partial charge in [-0.25, -0.2) is 0 Å². The summed E-state index contributed by atoms with van der Waals surface area (Å²) in [5.74, 6) is -0.949. The zero-order valence-corrected chi connectivity index (χ0v) is 17.8. The molecule has 0 bridgehead atoms. The van der Waals surface area contributed by atoms with Crippen molar-refractivity contribution in [2.45, 2.75) is 13.1 Å². The molecule has 3 rings (SSSR count). The van der Waals surface area contributed by atoms with Gasteiger partial charge < -0.3 is 16.0 Å². The first-order valence-corrected chi connectivity index (χ1v) is 10.2. The van der Waals surface area contributed by atoms with Gasteiger partial charge in [-0.2, -0.15) is 0 Å². The Kier molecular flexibility index (Phi) is 7.77. The highest BCUT2D eigenvalue weighted by Gasteiger charge is 2.18. The summed E-state index contributed by atoms with van der Waals surface area (Å²) in [6.45, 7) is 0.381. The van der Waals surface area contributed by atoms with Crippen molar-refractivity contribution in [3.8, 4) is 0 Å². The molecular weight excluding hydrogens is 432 g/mol. The highest BCUT2D eigenvalue weighted by Crippen LogP contribution is 2.27. The average molecular weight is 453 g/mol. The fourth-order valence-electron chi connectivity index (χ4n) is 2.93. The maximum atomic E-state index is 12.4. The molecular formula is C23H21ClN4O4. The number of benzene rings is 3. The number of nitrogens with zero attached hydrogens (tertiary/aromatic N) is 1. The highest BCUT2D eigenvalue weighted by atomic mass is 35.5. The predicted molar refractivity (Wildman–Crippen MR) is 122 cm³/mol. The summed E-state index contributed by atoms with van der Waals surface area (Å²) < 4.78 is 0. The third kappa shape index (κ3) is 6.29. The van der Waals surface area contributed by atoms with Crippen LogP contribution in [0.4, 0.5) is 11.4 Å². The number of carbonyl (C=O) groups excluding carboxylic acids is 2. The number of nitro benzene ring substituents is 1. The van der Waals surface area contributed by atoms with E-state index < -0.39 is 10.8 Å². The molecule has 0 aromatic heterocycles. The summed E-state index contributed by atoms with van der Waals surface area (Å²) >= 11 is 6.12. The first-order valence-electron chi connectivity index (χ1n) is 9.78. The summed E-state index contributed by atoms with van der Waals surface area (Å²) in [4.78, 5) is 35.3. The van der Waals surface area contributed by atoms with Gasteiger partial charge in [0.2, 0.25) is 5.91 Å². The molecule has 0 unspecified atom stereocenters. The van der Waals surface area contributed by atoms with Gasteiger partial charge in [-0.05, 0) is 29.3 Å². The smallest absolute Gasteiger partial charge is 0.293 e. The molecule has 0 spiro atoms. The molecule has 8 nitrogen and oxygen atoms in total. The van der Waals surface area contributed by atoms with Crippen molar-refractivity contribution in [2.24, 2.45) is 0 Å². The molecule has 9 heteroatoms. The van der Waals surface area contributed by atoms with Gasteiger partial charge >= 0.3 is 0 Å². The Balaban J connectivity index is 1.59. The third-order valence-corrected chi connectivity index (χ3v) is 4.99. The molecule has 0 saturated heterocycles. The zero-order valence-electron chi connectivity index (χ0n) is 17.0. The van der Waals surface area contributed by atoms with Crippen LogP contribution in [-0.2, 0) is 17.9 Å². The lowest BCUT2D eigenvalue weighted by Crippen LogP contribution is -2.36. The van der Waals surface area contributed by atoms with E-state index in [0.29, 0.717) is 11.6 Å². The molecule has 0 atom stereocenters. The van der Waals surface area contributed by atoms with Crippen LogP contribution in [0.1, 0.15) is 21.5 Å². The topological polar surface area (TPSA) is 113 Å². The molecule has 0 aliphatic heterocycles. The molecule has 0 fully saturated rings. The van der Waals surface area contributed by atoms with Crippen molar-refractivity contribution in [3.05, 3.63) is 105 Å². The van der Waals surface area contributed by atoms with Crippen LogP contribution in [0.5, 0.6) is 0 Å². The van der Waals surface area contributed by atoms with E-state index in [-0.39, 0.29) is 35.9 Å². The fourth-order valence-corrected chi connectivity index (χ4v) is 3.13. The van der Waals surface area contributed by atoms with Crippen LogP contribution < -0.4 is 16.0 Å². The fraction of sp³-hybridized carbons (Fsp3) is 0.130. The number of hydrogen-bond acceptors (Lipinski definition) is 5. The van der Waals surface area contributed by atoms with Crippen LogP contribution in [0.3, 0.4) is 0 Å². The second kappa shape index (κ2) is 10.9. The Morgan fingerprint density at radius 1 is 0.906 bits per heavy atom. The van der Waals surface area contributed by atoms with Crippen molar-refractivity contribution in [3.63, 3.8) is 0 Å². The predicted octanol–water partition coefficient (Wildman–Crippen LogP) is 3.91. The molecule has 0 saturated carbocycles. The van der Waals surface area contributed by atoms with E-state index in [2.05, 4.69) is 16.0 Å². The third-order valence-electron chi connectivity index (χ3n) is 4.63.